The molecular formula is C10H20N2O5S. The number of aliphatic carboxylic acids is 1. The second kappa shape index (κ2) is 5.96. The van der Waals surface area contributed by atoms with Gasteiger partial charge in [-0.1, -0.05) is 0 Å². The molecule has 0 atom stereocenters. The SMILES string of the molecule is CC(C)NS(=O)(=O)NCC1(C(=O)O)CCOCC1. The van der Waals surface area contributed by atoms with Crippen molar-refractivity contribution in [1.29, 1.82) is 0 Å². The third kappa shape index (κ3) is 4.20. The van der Waals surface area contributed by atoms with E-state index >= 15 is 0 Å². The molecule has 18 heavy (non-hydrogen) atoms. The predicted molar refractivity (Wildman–Crippen MR) is 65.3 cm³/mol. The fourth-order valence-corrected chi connectivity index (χ4v) is 2.98. The molecule has 0 aromatic rings. The zero-order valence-corrected chi connectivity index (χ0v) is 11.4. The number of carboxylic acids is 1. The van der Waals surface area contributed by atoms with Gasteiger partial charge in [-0.3, -0.25) is 4.79 Å². The number of carboxylic acid groups (broad SMARTS) is 1. The van der Waals surface area contributed by atoms with Crippen molar-refractivity contribution in [3.05, 3.63) is 0 Å². The Labute approximate surface area is 107 Å². The van der Waals surface area contributed by atoms with Crippen molar-refractivity contribution in [3.8, 4) is 0 Å². The topological polar surface area (TPSA) is 105 Å². The van der Waals surface area contributed by atoms with E-state index in [0.29, 0.717) is 26.1 Å². The minimum Gasteiger partial charge on any atom is -0.481 e. The maximum Gasteiger partial charge on any atom is 0.311 e. The molecule has 1 aliphatic heterocycles. The van der Waals surface area contributed by atoms with E-state index in [0.717, 1.165) is 0 Å². The first-order valence-electron chi connectivity index (χ1n) is 5.85. The highest BCUT2D eigenvalue weighted by atomic mass is 32.2. The van der Waals surface area contributed by atoms with Crippen molar-refractivity contribution in [2.24, 2.45) is 5.41 Å². The van der Waals surface area contributed by atoms with Crippen LogP contribution in [0.5, 0.6) is 0 Å². The molecule has 0 unspecified atom stereocenters. The number of ether oxygens (including phenoxy) is 1. The molecule has 1 rings (SSSR count). The molecule has 1 heterocycles. The van der Waals surface area contributed by atoms with Crippen LogP contribution in [0.3, 0.4) is 0 Å². The van der Waals surface area contributed by atoms with Crippen molar-refractivity contribution >= 4 is 16.2 Å². The molecule has 1 aliphatic rings. The van der Waals surface area contributed by atoms with E-state index in [-0.39, 0.29) is 12.6 Å². The Balaban J connectivity index is 2.66. The Morgan fingerprint density at radius 1 is 1.39 bits per heavy atom. The van der Waals surface area contributed by atoms with Crippen LogP contribution in [0.2, 0.25) is 0 Å². The van der Waals surface area contributed by atoms with Crippen LogP contribution in [0.15, 0.2) is 0 Å². The van der Waals surface area contributed by atoms with Crippen molar-refractivity contribution in [2.75, 3.05) is 19.8 Å². The lowest BCUT2D eigenvalue weighted by atomic mass is 9.80. The number of hydrogen-bond acceptors (Lipinski definition) is 4. The van der Waals surface area contributed by atoms with E-state index in [1.807, 2.05) is 0 Å². The average molecular weight is 280 g/mol. The number of nitrogens with one attached hydrogen (secondary N) is 2. The van der Waals surface area contributed by atoms with Gasteiger partial charge in [-0.05, 0) is 26.7 Å². The summed E-state index contributed by atoms with van der Waals surface area (Å²) in [5, 5.41) is 9.26. The minimum absolute atomic E-state index is 0.117. The predicted octanol–water partition coefficient (Wildman–Crippen LogP) is -0.300. The first-order chi connectivity index (χ1) is 8.27. The van der Waals surface area contributed by atoms with Crippen molar-refractivity contribution < 1.29 is 23.1 Å². The van der Waals surface area contributed by atoms with Crippen LogP contribution >= 0.6 is 0 Å². The molecule has 0 spiro atoms. The van der Waals surface area contributed by atoms with E-state index in [4.69, 9.17) is 4.74 Å². The summed E-state index contributed by atoms with van der Waals surface area (Å²) >= 11 is 0. The molecule has 0 aromatic heterocycles. The Kier molecular flexibility index (Phi) is 5.09. The van der Waals surface area contributed by atoms with E-state index in [1.54, 1.807) is 13.8 Å². The van der Waals surface area contributed by atoms with Gasteiger partial charge in [0.15, 0.2) is 0 Å². The summed E-state index contributed by atoms with van der Waals surface area (Å²) in [5.74, 6) is -0.988. The zero-order chi connectivity index (χ0) is 13.8. The quantitative estimate of drug-likeness (QED) is 0.619. The van der Waals surface area contributed by atoms with Crippen molar-refractivity contribution in [3.63, 3.8) is 0 Å². The molecule has 0 aromatic carbocycles. The van der Waals surface area contributed by atoms with Crippen LogP contribution in [-0.2, 0) is 19.7 Å². The van der Waals surface area contributed by atoms with Gasteiger partial charge in [-0.2, -0.15) is 13.1 Å². The van der Waals surface area contributed by atoms with Gasteiger partial charge in [-0.25, -0.2) is 4.72 Å². The van der Waals surface area contributed by atoms with Crippen molar-refractivity contribution in [1.82, 2.24) is 9.44 Å². The molecule has 106 valence electrons. The summed E-state index contributed by atoms with van der Waals surface area (Å²) in [4.78, 5) is 11.3. The first kappa shape index (κ1) is 15.4. The second-order valence-corrected chi connectivity index (χ2v) is 6.33. The maximum absolute atomic E-state index is 11.6. The van der Waals surface area contributed by atoms with Gasteiger partial charge in [0.1, 0.15) is 0 Å². The lowest BCUT2D eigenvalue weighted by Gasteiger charge is -2.33. The zero-order valence-electron chi connectivity index (χ0n) is 10.6. The summed E-state index contributed by atoms with van der Waals surface area (Å²) in [6, 6.07) is -0.238. The van der Waals surface area contributed by atoms with E-state index in [2.05, 4.69) is 9.44 Å². The number of hydrogen-bond donors (Lipinski definition) is 3. The lowest BCUT2D eigenvalue weighted by molar-refractivity contribution is -0.154. The van der Waals surface area contributed by atoms with Crippen molar-refractivity contribution in [2.45, 2.75) is 32.7 Å². The molecule has 0 aliphatic carbocycles. The highest BCUT2D eigenvalue weighted by Crippen LogP contribution is 2.30. The van der Waals surface area contributed by atoms with E-state index in [1.165, 1.54) is 0 Å². The molecule has 0 saturated carbocycles. The standard InChI is InChI=1S/C10H20N2O5S/c1-8(2)12-18(15,16)11-7-10(9(13)14)3-5-17-6-4-10/h8,11-12H,3-7H2,1-2H3,(H,13,14). The molecule has 7 nitrogen and oxygen atoms in total. The van der Waals surface area contributed by atoms with Gasteiger partial charge < -0.3 is 9.84 Å². The first-order valence-corrected chi connectivity index (χ1v) is 7.34. The summed E-state index contributed by atoms with van der Waals surface area (Å²) in [7, 11) is -3.66. The molecule has 3 N–H and O–H groups in total. The van der Waals surface area contributed by atoms with Crippen LogP contribution in [0.1, 0.15) is 26.7 Å². The number of rotatable bonds is 6. The third-order valence-corrected chi connectivity index (χ3v) is 4.20. The van der Waals surface area contributed by atoms with Gasteiger partial charge in [0.25, 0.3) is 10.2 Å². The minimum atomic E-state index is -3.66. The van der Waals surface area contributed by atoms with Gasteiger partial charge in [0, 0.05) is 25.8 Å². The van der Waals surface area contributed by atoms with Gasteiger partial charge >= 0.3 is 5.97 Å². The van der Waals surface area contributed by atoms with Crippen LogP contribution in [0.4, 0.5) is 0 Å². The largest absolute Gasteiger partial charge is 0.481 e. The monoisotopic (exact) mass is 280 g/mol. The Morgan fingerprint density at radius 3 is 2.39 bits per heavy atom. The van der Waals surface area contributed by atoms with Gasteiger partial charge in [0.05, 0.1) is 5.41 Å². The molecule has 8 heteroatoms. The van der Waals surface area contributed by atoms with Gasteiger partial charge in [-0.15, -0.1) is 0 Å². The Hall–Kier alpha value is -0.700. The van der Waals surface area contributed by atoms with Crippen LogP contribution < -0.4 is 9.44 Å². The Morgan fingerprint density at radius 2 is 1.94 bits per heavy atom. The number of carbonyl (C=O) groups is 1. The fraction of sp³-hybridized carbons (Fsp3) is 0.900. The normalized spacial score (nSPS) is 19.9. The summed E-state index contributed by atoms with van der Waals surface area (Å²) in [6.07, 6.45) is 0.624. The van der Waals surface area contributed by atoms with E-state index in [9.17, 15) is 18.3 Å². The lowest BCUT2D eigenvalue weighted by Crippen LogP contribution is -2.49. The van der Waals surface area contributed by atoms with E-state index < -0.39 is 21.6 Å². The highest BCUT2D eigenvalue weighted by molar-refractivity contribution is 7.87. The highest BCUT2D eigenvalue weighted by Gasteiger charge is 2.40. The van der Waals surface area contributed by atoms with Crippen LogP contribution in [0.25, 0.3) is 0 Å². The average Bonchev–Trinajstić information content (AvgIpc) is 2.26. The maximum atomic E-state index is 11.6. The third-order valence-electron chi connectivity index (χ3n) is 2.90. The molecule has 1 saturated heterocycles. The second-order valence-electron chi connectivity index (χ2n) is 4.79. The summed E-state index contributed by atoms with van der Waals surface area (Å²) in [5.41, 5.74) is -1.07. The summed E-state index contributed by atoms with van der Waals surface area (Å²) in [6.45, 7) is 3.95. The fourth-order valence-electron chi connectivity index (χ4n) is 1.81. The molecule has 1 fully saturated rings. The molecule has 0 radical (unpaired) electrons. The molecular weight excluding hydrogens is 260 g/mol. The summed E-state index contributed by atoms with van der Waals surface area (Å²) < 4.78 is 33.0. The Bertz CT molecular complexity index is 387. The van der Waals surface area contributed by atoms with Crippen LogP contribution in [0, 0.1) is 5.41 Å². The molecule has 0 bridgehead atoms. The van der Waals surface area contributed by atoms with Gasteiger partial charge in [0.2, 0.25) is 0 Å². The smallest absolute Gasteiger partial charge is 0.311 e. The van der Waals surface area contributed by atoms with Crippen LogP contribution in [-0.4, -0.2) is 45.3 Å². The molecule has 0 amide bonds.